The summed E-state index contributed by atoms with van der Waals surface area (Å²) in [6, 6.07) is 12.2. The molecule has 1 amide bonds. The van der Waals surface area contributed by atoms with E-state index in [1.54, 1.807) is 4.52 Å². The minimum absolute atomic E-state index is 0.0803. The van der Waals surface area contributed by atoms with Gasteiger partial charge in [-0.25, -0.2) is 9.50 Å². The normalized spacial score (nSPS) is 13.0. The van der Waals surface area contributed by atoms with Crippen LogP contribution >= 0.6 is 0 Å². The Hall–Kier alpha value is -2.73. The molecule has 6 heteroatoms. The van der Waals surface area contributed by atoms with Crippen LogP contribution in [0.15, 0.2) is 36.4 Å². The minimum Gasteiger partial charge on any atom is -0.348 e. The van der Waals surface area contributed by atoms with Crippen molar-refractivity contribution >= 4 is 11.6 Å². The fourth-order valence-electron chi connectivity index (χ4n) is 3.91. The Labute approximate surface area is 198 Å². The van der Waals surface area contributed by atoms with Crippen LogP contribution in [0.5, 0.6) is 0 Å². The fraction of sp³-hybridized carbons (Fsp3) is 0.519. The lowest BCUT2D eigenvalue weighted by atomic mass is 9.93. The second-order valence-corrected chi connectivity index (χ2v) is 9.99. The van der Waals surface area contributed by atoms with E-state index in [1.165, 1.54) is 5.56 Å². The second-order valence-electron chi connectivity index (χ2n) is 9.99. The number of benzene rings is 1. The molecule has 0 saturated heterocycles. The summed E-state index contributed by atoms with van der Waals surface area (Å²) in [7, 11) is 0. The van der Waals surface area contributed by atoms with Crippen molar-refractivity contribution in [3.63, 3.8) is 0 Å². The van der Waals surface area contributed by atoms with Gasteiger partial charge in [-0.1, -0.05) is 64.4 Å². The second kappa shape index (κ2) is 10.5. The largest absolute Gasteiger partial charge is 0.348 e. The molecule has 0 aliphatic heterocycles. The van der Waals surface area contributed by atoms with Gasteiger partial charge in [0, 0.05) is 23.1 Å². The predicted molar refractivity (Wildman–Crippen MR) is 136 cm³/mol. The van der Waals surface area contributed by atoms with Crippen LogP contribution in [-0.2, 0) is 5.41 Å². The number of aromatic nitrogens is 3. The van der Waals surface area contributed by atoms with Crippen LogP contribution in [0.2, 0.25) is 0 Å². The van der Waals surface area contributed by atoms with Crippen molar-refractivity contribution in [3.05, 3.63) is 53.3 Å². The van der Waals surface area contributed by atoms with E-state index in [1.807, 2.05) is 24.3 Å². The predicted octanol–water partition coefficient (Wildman–Crippen LogP) is 5.24. The molecule has 1 N–H and O–H groups in total. The number of nitrogens with zero attached hydrogens (tertiary/aromatic N) is 4. The highest BCUT2D eigenvalue weighted by molar-refractivity contribution is 5.94. The number of aryl methyl sites for hydroxylation is 1. The van der Waals surface area contributed by atoms with E-state index in [9.17, 15) is 4.79 Å². The molecule has 2 heterocycles. The van der Waals surface area contributed by atoms with Crippen molar-refractivity contribution in [2.24, 2.45) is 0 Å². The van der Waals surface area contributed by atoms with E-state index < -0.39 is 0 Å². The van der Waals surface area contributed by atoms with E-state index in [0.717, 1.165) is 49.4 Å². The number of carbonyl (C=O) groups excluding carboxylic acids is 1. The van der Waals surface area contributed by atoms with Crippen molar-refractivity contribution in [1.82, 2.24) is 24.8 Å². The average molecular weight is 450 g/mol. The molecular weight excluding hydrogens is 410 g/mol. The zero-order chi connectivity index (χ0) is 24.2. The lowest BCUT2D eigenvalue weighted by Crippen LogP contribution is -2.35. The summed E-state index contributed by atoms with van der Waals surface area (Å²) in [5.41, 5.74) is 4.95. The molecule has 0 radical (unpaired) electrons. The van der Waals surface area contributed by atoms with E-state index in [-0.39, 0.29) is 17.4 Å². The summed E-state index contributed by atoms with van der Waals surface area (Å²) >= 11 is 0. The molecular formula is C27H39N5O. The first kappa shape index (κ1) is 24.9. The van der Waals surface area contributed by atoms with Crippen molar-refractivity contribution in [1.29, 1.82) is 0 Å². The Bertz CT molecular complexity index is 1070. The number of fused-ring (bicyclic) bond motifs is 1. The maximum Gasteiger partial charge on any atom is 0.270 e. The van der Waals surface area contributed by atoms with Gasteiger partial charge in [0.1, 0.15) is 5.69 Å². The molecule has 3 rings (SSSR count). The third-order valence-corrected chi connectivity index (χ3v) is 6.16. The summed E-state index contributed by atoms with van der Waals surface area (Å²) < 4.78 is 1.69. The molecule has 0 saturated carbocycles. The van der Waals surface area contributed by atoms with Crippen LogP contribution < -0.4 is 5.32 Å². The van der Waals surface area contributed by atoms with E-state index in [0.29, 0.717) is 11.3 Å². The molecule has 33 heavy (non-hydrogen) atoms. The zero-order valence-corrected chi connectivity index (χ0v) is 21.3. The van der Waals surface area contributed by atoms with Crippen LogP contribution in [0.4, 0.5) is 0 Å². The quantitative estimate of drug-likeness (QED) is 0.485. The molecule has 178 valence electrons. The van der Waals surface area contributed by atoms with E-state index in [4.69, 9.17) is 10.1 Å². The van der Waals surface area contributed by atoms with Gasteiger partial charge in [-0.05, 0) is 52.4 Å². The first-order chi connectivity index (χ1) is 15.6. The molecule has 0 spiro atoms. The third kappa shape index (κ3) is 6.20. The standard InChI is InChI=1S/C27H39N5O/c1-8-31(9-2)16-10-11-20(4)28-26(33)23-17-22(21-14-12-19(3)13-15-21)29-25-18-24(27(5,6)7)30-32(23)25/h12-15,17-18,20H,8-11,16H2,1-7H3,(H,28,33). The maximum absolute atomic E-state index is 13.4. The SMILES string of the molecule is CCN(CC)CCCC(C)NC(=O)c1cc(-c2ccc(C)cc2)nc2cc(C(C)(C)C)nn12. The monoisotopic (exact) mass is 449 g/mol. The first-order valence-electron chi connectivity index (χ1n) is 12.1. The van der Waals surface area contributed by atoms with Gasteiger partial charge in [0.2, 0.25) is 0 Å². The zero-order valence-electron chi connectivity index (χ0n) is 21.3. The van der Waals surface area contributed by atoms with Crippen LogP contribution in [0.1, 0.15) is 76.1 Å². The first-order valence-corrected chi connectivity index (χ1v) is 12.1. The number of rotatable bonds is 9. The Kier molecular flexibility index (Phi) is 7.90. The maximum atomic E-state index is 13.4. The van der Waals surface area contributed by atoms with Gasteiger partial charge >= 0.3 is 0 Å². The fourth-order valence-corrected chi connectivity index (χ4v) is 3.91. The lowest BCUT2D eigenvalue weighted by Gasteiger charge is -2.20. The van der Waals surface area contributed by atoms with Gasteiger partial charge in [0.05, 0.1) is 11.4 Å². The number of amides is 1. The molecule has 0 aliphatic rings. The molecule has 1 unspecified atom stereocenters. The highest BCUT2D eigenvalue weighted by atomic mass is 16.2. The van der Waals surface area contributed by atoms with Crippen molar-refractivity contribution in [2.45, 2.75) is 72.8 Å². The highest BCUT2D eigenvalue weighted by Gasteiger charge is 2.22. The van der Waals surface area contributed by atoms with Crippen LogP contribution in [0.3, 0.4) is 0 Å². The number of hydrogen-bond donors (Lipinski definition) is 1. The smallest absolute Gasteiger partial charge is 0.270 e. The van der Waals surface area contributed by atoms with Crippen LogP contribution in [0, 0.1) is 6.92 Å². The summed E-state index contributed by atoms with van der Waals surface area (Å²) in [6.45, 7) is 18.0. The molecule has 3 aromatic rings. The summed E-state index contributed by atoms with van der Waals surface area (Å²) in [5, 5.41) is 7.94. The average Bonchev–Trinajstić information content (AvgIpc) is 3.21. The van der Waals surface area contributed by atoms with Gasteiger partial charge in [-0.3, -0.25) is 4.79 Å². The van der Waals surface area contributed by atoms with Gasteiger partial charge in [0.15, 0.2) is 5.65 Å². The van der Waals surface area contributed by atoms with Crippen molar-refractivity contribution in [3.8, 4) is 11.3 Å². The molecule has 0 aliphatic carbocycles. The number of hydrogen-bond acceptors (Lipinski definition) is 4. The number of nitrogens with one attached hydrogen (secondary N) is 1. The molecule has 0 fully saturated rings. The van der Waals surface area contributed by atoms with E-state index >= 15 is 0 Å². The van der Waals surface area contributed by atoms with Gasteiger partial charge in [-0.15, -0.1) is 0 Å². The summed E-state index contributed by atoms with van der Waals surface area (Å²) in [6.07, 6.45) is 1.99. The summed E-state index contributed by atoms with van der Waals surface area (Å²) in [5.74, 6) is -0.116. The Balaban J connectivity index is 1.89. The number of carbonyl (C=O) groups is 1. The van der Waals surface area contributed by atoms with E-state index in [2.05, 4.69) is 70.8 Å². The van der Waals surface area contributed by atoms with Gasteiger partial charge < -0.3 is 10.2 Å². The molecule has 2 aromatic heterocycles. The third-order valence-electron chi connectivity index (χ3n) is 6.16. The molecule has 1 aromatic carbocycles. The van der Waals surface area contributed by atoms with Gasteiger partial charge in [0.25, 0.3) is 5.91 Å². The summed E-state index contributed by atoms with van der Waals surface area (Å²) in [4.78, 5) is 20.6. The Morgan fingerprint density at radius 2 is 1.79 bits per heavy atom. The molecule has 6 nitrogen and oxygen atoms in total. The molecule has 0 bridgehead atoms. The van der Waals surface area contributed by atoms with Crippen molar-refractivity contribution in [2.75, 3.05) is 19.6 Å². The van der Waals surface area contributed by atoms with Gasteiger partial charge in [-0.2, -0.15) is 5.10 Å². The van der Waals surface area contributed by atoms with Crippen LogP contribution in [0.25, 0.3) is 16.9 Å². The molecule has 1 atom stereocenters. The van der Waals surface area contributed by atoms with Crippen LogP contribution in [-0.4, -0.2) is 51.1 Å². The topological polar surface area (TPSA) is 62.5 Å². The van der Waals surface area contributed by atoms with Crippen molar-refractivity contribution < 1.29 is 4.79 Å². The highest BCUT2D eigenvalue weighted by Crippen LogP contribution is 2.25. The Morgan fingerprint density at radius 3 is 2.39 bits per heavy atom. The minimum atomic E-state index is -0.136. The Morgan fingerprint density at radius 1 is 1.12 bits per heavy atom. The lowest BCUT2D eigenvalue weighted by molar-refractivity contribution is 0.0929.